The highest BCUT2D eigenvalue weighted by Gasteiger charge is 2.30. The Hall–Kier alpha value is -1.12. The fourth-order valence-corrected chi connectivity index (χ4v) is 1.66. The Labute approximate surface area is 90.5 Å². The first-order valence-corrected chi connectivity index (χ1v) is 5.48. The maximum Gasteiger partial charge on any atom is 0.186 e. The molecule has 1 fully saturated rings. The number of rotatable bonds is 2. The van der Waals surface area contributed by atoms with Crippen LogP contribution in [0, 0.1) is 5.41 Å². The van der Waals surface area contributed by atoms with E-state index in [1.165, 1.54) is 12.8 Å². The van der Waals surface area contributed by atoms with Crippen molar-refractivity contribution in [3.8, 4) is 0 Å². The number of ketones is 1. The smallest absolute Gasteiger partial charge is 0.186 e. The maximum atomic E-state index is 12.1. The molecule has 1 aromatic heterocycles. The minimum Gasteiger partial charge on any atom is -0.292 e. The van der Waals surface area contributed by atoms with E-state index in [1.54, 1.807) is 4.68 Å². The lowest BCUT2D eigenvalue weighted by Gasteiger charge is -2.15. The number of nitrogens with zero attached hydrogens (tertiary/aromatic N) is 2. The molecule has 1 aromatic rings. The summed E-state index contributed by atoms with van der Waals surface area (Å²) in [4.78, 5) is 12.1. The van der Waals surface area contributed by atoms with Crippen LogP contribution in [0.15, 0.2) is 6.07 Å². The average molecular weight is 206 g/mol. The zero-order chi connectivity index (χ0) is 11.2. The van der Waals surface area contributed by atoms with Gasteiger partial charge in [-0.15, -0.1) is 0 Å². The van der Waals surface area contributed by atoms with Crippen molar-refractivity contribution >= 4 is 5.78 Å². The number of Topliss-reactive ketones (excluding diaryl/α,β-unsaturated/α-hetero) is 1. The fraction of sp³-hybridized carbons (Fsp3) is 0.667. The minimum absolute atomic E-state index is 0.171. The molecule has 0 aliphatic heterocycles. The van der Waals surface area contributed by atoms with Gasteiger partial charge >= 0.3 is 0 Å². The molecule has 0 N–H and O–H groups in total. The second-order valence-electron chi connectivity index (χ2n) is 5.43. The second-order valence-corrected chi connectivity index (χ2v) is 5.43. The van der Waals surface area contributed by atoms with Crippen molar-refractivity contribution < 1.29 is 4.79 Å². The lowest BCUT2D eigenvalue weighted by Crippen LogP contribution is -2.22. The molecule has 15 heavy (non-hydrogen) atoms. The molecule has 0 aromatic carbocycles. The van der Waals surface area contributed by atoms with Gasteiger partial charge in [0.25, 0.3) is 0 Å². The van der Waals surface area contributed by atoms with Gasteiger partial charge < -0.3 is 0 Å². The molecular formula is C12H18N2O. The van der Waals surface area contributed by atoms with E-state index in [0.717, 1.165) is 11.4 Å². The van der Waals surface area contributed by atoms with Gasteiger partial charge in [-0.2, -0.15) is 5.10 Å². The van der Waals surface area contributed by atoms with Crippen molar-refractivity contribution in [2.45, 2.75) is 39.5 Å². The van der Waals surface area contributed by atoms with Crippen LogP contribution in [0.2, 0.25) is 0 Å². The highest BCUT2D eigenvalue weighted by Crippen LogP contribution is 2.39. The molecule has 0 unspecified atom stereocenters. The van der Waals surface area contributed by atoms with Gasteiger partial charge in [0.1, 0.15) is 5.69 Å². The van der Waals surface area contributed by atoms with Crippen molar-refractivity contribution in [3.63, 3.8) is 0 Å². The van der Waals surface area contributed by atoms with E-state index in [0.29, 0.717) is 5.92 Å². The van der Waals surface area contributed by atoms with Crippen LogP contribution >= 0.6 is 0 Å². The zero-order valence-electron chi connectivity index (χ0n) is 9.87. The monoisotopic (exact) mass is 206 g/mol. The van der Waals surface area contributed by atoms with Crippen LogP contribution in [0.25, 0.3) is 0 Å². The highest BCUT2D eigenvalue weighted by molar-refractivity contribution is 5.98. The van der Waals surface area contributed by atoms with E-state index in [1.807, 2.05) is 33.9 Å². The molecule has 1 heterocycles. The Kier molecular flexibility index (Phi) is 2.21. The van der Waals surface area contributed by atoms with Crippen LogP contribution in [-0.2, 0) is 7.05 Å². The van der Waals surface area contributed by atoms with Gasteiger partial charge in [0.05, 0.1) is 5.69 Å². The lowest BCUT2D eigenvalue weighted by atomic mass is 9.89. The molecule has 3 heteroatoms. The van der Waals surface area contributed by atoms with E-state index in [4.69, 9.17) is 0 Å². The third kappa shape index (κ3) is 1.96. The molecule has 0 saturated heterocycles. The third-order valence-electron chi connectivity index (χ3n) is 2.81. The number of aryl methyl sites for hydroxylation is 1. The molecule has 1 aliphatic carbocycles. The van der Waals surface area contributed by atoms with Gasteiger partial charge in [-0.05, 0) is 18.9 Å². The predicted octanol–water partition coefficient (Wildman–Crippen LogP) is 2.53. The standard InChI is InChI=1S/C12H18N2O/c1-12(2,3)11(15)10-7-9(8-5-6-8)13-14(10)4/h7-8H,5-6H2,1-4H3. The number of hydrogen-bond donors (Lipinski definition) is 0. The predicted molar refractivity (Wildman–Crippen MR) is 59.0 cm³/mol. The first-order valence-electron chi connectivity index (χ1n) is 5.48. The lowest BCUT2D eigenvalue weighted by molar-refractivity contribution is 0.0848. The molecule has 0 spiro atoms. The number of carbonyl (C=O) groups is 1. The van der Waals surface area contributed by atoms with Crippen LogP contribution in [0.1, 0.15) is 55.7 Å². The average Bonchev–Trinajstić information content (AvgIpc) is 2.88. The van der Waals surface area contributed by atoms with E-state index >= 15 is 0 Å². The molecule has 2 rings (SSSR count). The fourth-order valence-electron chi connectivity index (χ4n) is 1.66. The van der Waals surface area contributed by atoms with Crippen molar-refractivity contribution in [3.05, 3.63) is 17.5 Å². The van der Waals surface area contributed by atoms with E-state index < -0.39 is 0 Å². The van der Waals surface area contributed by atoms with Crippen LogP contribution in [-0.4, -0.2) is 15.6 Å². The summed E-state index contributed by atoms with van der Waals surface area (Å²) in [5.41, 5.74) is 1.50. The summed E-state index contributed by atoms with van der Waals surface area (Å²) in [6, 6.07) is 1.96. The molecular weight excluding hydrogens is 188 g/mol. The van der Waals surface area contributed by atoms with Crippen molar-refractivity contribution in [2.75, 3.05) is 0 Å². The van der Waals surface area contributed by atoms with Gasteiger partial charge in [0.2, 0.25) is 0 Å². The zero-order valence-corrected chi connectivity index (χ0v) is 9.87. The van der Waals surface area contributed by atoms with Crippen LogP contribution in [0.5, 0.6) is 0 Å². The van der Waals surface area contributed by atoms with E-state index in [-0.39, 0.29) is 11.2 Å². The first kappa shape index (κ1) is 10.4. The van der Waals surface area contributed by atoms with Crippen LogP contribution < -0.4 is 0 Å². The quantitative estimate of drug-likeness (QED) is 0.697. The van der Waals surface area contributed by atoms with E-state index in [9.17, 15) is 4.79 Å². The summed E-state index contributed by atoms with van der Waals surface area (Å²) < 4.78 is 1.72. The van der Waals surface area contributed by atoms with E-state index in [2.05, 4.69) is 5.10 Å². The summed E-state index contributed by atoms with van der Waals surface area (Å²) in [6.45, 7) is 5.83. The normalized spacial score (nSPS) is 16.8. The topological polar surface area (TPSA) is 34.9 Å². The Balaban J connectivity index is 2.31. The van der Waals surface area contributed by atoms with Gasteiger partial charge in [0, 0.05) is 18.4 Å². The summed E-state index contributed by atoms with van der Waals surface area (Å²) in [5, 5.41) is 4.40. The summed E-state index contributed by atoms with van der Waals surface area (Å²) in [5.74, 6) is 0.780. The summed E-state index contributed by atoms with van der Waals surface area (Å²) in [7, 11) is 1.85. The van der Waals surface area contributed by atoms with Gasteiger partial charge in [-0.25, -0.2) is 0 Å². The Morgan fingerprint density at radius 3 is 2.53 bits per heavy atom. The number of aromatic nitrogens is 2. The Morgan fingerprint density at radius 1 is 1.47 bits per heavy atom. The number of hydrogen-bond acceptors (Lipinski definition) is 2. The molecule has 1 saturated carbocycles. The Morgan fingerprint density at radius 2 is 2.07 bits per heavy atom. The van der Waals surface area contributed by atoms with Crippen molar-refractivity contribution in [1.82, 2.24) is 9.78 Å². The van der Waals surface area contributed by atoms with Crippen molar-refractivity contribution in [2.24, 2.45) is 12.5 Å². The minimum atomic E-state index is -0.325. The molecule has 82 valence electrons. The molecule has 1 aliphatic rings. The largest absolute Gasteiger partial charge is 0.292 e. The SMILES string of the molecule is Cn1nc(C2CC2)cc1C(=O)C(C)(C)C. The first-order chi connectivity index (χ1) is 6.89. The van der Waals surface area contributed by atoms with Gasteiger partial charge in [-0.1, -0.05) is 20.8 Å². The third-order valence-corrected chi connectivity index (χ3v) is 2.81. The molecule has 0 bridgehead atoms. The molecule has 0 radical (unpaired) electrons. The molecule has 0 amide bonds. The molecule has 0 atom stereocenters. The van der Waals surface area contributed by atoms with Gasteiger partial charge in [0.15, 0.2) is 5.78 Å². The molecule has 3 nitrogen and oxygen atoms in total. The van der Waals surface area contributed by atoms with Crippen LogP contribution in [0.3, 0.4) is 0 Å². The number of carbonyl (C=O) groups excluding carboxylic acids is 1. The van der Waals surface area contributed by atoms with Crippen molar-refractivity contribution in [1.29, 1.82) is 0 Å². The Bertz CT molecular complexity index is 394. The maximum absolute atomic E-state index is 12.1. The van der Waals surface area contributed by atoms with Crippen LogP contribution in [0.4, 0.5) is 0 Å². The highest BCUT2D eigenvalue weighted by atomic mass is 16.1. The van der Waals surface area contributed by atoms with Gasteiger partial charge in [-0.3, -0.25) is 9.48 Å². The summed E-state index contributed by atoms with van der Waals surface area (Å²) >= 11 is 0. The second kappa shape index (κ2) is 3.19. The summed E-state index contributed by atoms with van der Waals surface area (Å²) in [6.07, 6.45) is 2.44.